The lowest BCUT2D eigenvalue weighted by Gasteiger charge is -2.08. The lowest BCUT2D eigenvalue weighted by Crippen LogP contribution is -2.13. The third-order valence-corrected chi connectivity index (χ3v) is 4.02. The monoisotopic (exact) mass is 324 g/mol. The normalized spacial score (nSPS) is 10.2. The lowest BCUT2D eigenvalue weighted by atomic mass is 10.1. The first-order valence-corrected chi connectivity index (χ1v) is 8.42. The molecule has 0 aliphatic carbocycles. The van der Waals surface area contributed by atoms with Gasteiger partial charge in [-0.15, -0.1) is 11.3 Å². The average Bonchev–Trinajstić information content (AvgIpc) is 2.95. The van der Waals surface area contributed by atoms with Crippen LogP contribution in [0.4, 0.5) is 5.13 Å². The maximum Gasteiger partial charge on any atom is 0.236 e. The molecule has 0 radical (unpaired) electrons. The number of methoxy groups -OCH3 is 2. The van der Waals surface area contributed by atoms with Crippen LogP contribution >= 0.6 is 23.1 Å². The molecule has 2 aromatic rings. The Morgan fingerprint density at radius 1 is 1.38 bits per heavy atom. The van der Waals surface area contributed by atoms with Crippen LogP contribution in [0.1, 0.15) is 0 Å². The molecule has 0 fully saturated rings. The van der Waals surface area contributed by atoms with Gasteiger partial charge in [0.25, 0.3) is 0 Å². The number of thiazole rings is 1. The molecule has 0 unspecified atom stereocenters. The van der Waals surface area contributed by atoms with Crippen molar-refractivity contribution >= 4 is 34.1 Å². The summed E-state index contributed by atoms with van der Waals surface area (Å²) in [7, 11) is 3.22. The molecular formula is C14H16N2O3S2. The summed E-state index contributed by atoms with van der Waals surface area (Å²) in [5.74, 6) is 1.80. The van der Waals surface area contributed by atoms with E-state index >= 15 is 0 Å². The first-order valence-electron chi connectivity index (χ1n) is 6.14. The fourth-order valence-electron chi connectivity index (χ4n) is 1.76. The van der Waals surface area contributed by atoms with Gasteiger partial charge in [-0.3, -0.25) is 4.79 Å². The zero-order chi connectivity index (χ0) is 15.2. The molecular weight excluding hydrogens is 308 g/mol. The number of benzene rings is 1. The van der Waals surface area contributed by atoms with Crippen molar-refractivity contribution in [2.45, 2.75) is 0 Å². The van der Waals surface area contributed by atoms with E-state index < -0.39 is 0 Å². The minimum Gasteiger partial charge on any atom is -0.497 e. The third kappa shape index (κ3) is 3.89. The number of hydrogen-bond donors (Lipinski definition) is 1. The molecule has 0 saturated carbocycles. The van der Waals surface area contributed by atoms with Gasteiger partial charge in [0.2, 0.25) is 5.91 Å². The Morgan fingerprint density at radius 2 is 2.19 bits per heavy atom. The fourth-order valence-corrected chi connectivity index (χ4v) is 2.82. The molecule has 0 aliphatic rings. The molecule has 112 valence electrons. The molecule has 1 aromatic carbocycles. The Kier molecular flexibility index (Phi) is 5.46. The van der Waals surface area contributed by atoms with E-state index in [1.165, 1.54) is 23.1 Å². The number of carbonyl (C=O) groups excluding carboxylic acids is 1. The summed E-state index contributed by atoms with van der Waals surface area (Å²) in [5, 5.41) is 5.23. The van der Waals surface area contributed by atoms with Gasteiger partial charge in [-0.25, -0.2) is 4.98 Å². The summed E-state index contributed by atoms with van der Waals surface area (Å²) in [6.07, 6.45) is 1.88. The second kappa shape index (κ2) is 7.33. The zero-order valence-corrected chi connectivity index (χ0v) is 13.6. The van der Waals surface area contributed by atoms with E-state index in [4.69, 9.17) is 9.47 Å². The Bertz CT molecular complexity index is 628. The van der Waals surface area contributed by atoms with Crippen LogP contribution in [0.15, 0.2) is 23.6 Å². The SMILES string of the molecule is COc1ccc(OC)c(-c2csc(NC(=O)CSC)n2)c1. The second-order valence-electron chi connectivity index (χ2n) is 4.09. The van der Waals surface area contributed by atoms with Crippen molar-refractivity contribution in [1.29, 1.82) is 0 Å². The number of anilines is 1. The Balaban J connectivity index is 2.26. The minimum absolute atomic E-state index is 0.0546. The van der Waals surface area contributed by atoms with Gasteiger partial charge in [0.15, 0.2) is 5.13 Å². The topological polar surface area (TPSA) is 60.5 Å². The van der Waals surface area contributed by atoms with Crippen LogP contribution in [0, 0.1) is 0 Å². The highest BCUT2D eigenvalue weighted by Gasteiger charge is 2.12. The summed E-state index contributed by atoms with van der Waals surface area (Å²) in [6, 6.07) is 5.52. The number of hydrogen-bond acceptors (Lipinski definition) is 6. The van der Waals surface area contributed by atoms with Gasteiger partial charge in [0.05, 0.1) is 25.7 Å². The highest BCUT2D eigenvalue weighted by Crippen LogP contribution is 2.34. The Morgan fingerprint density at radius 3 is 2.86 bits per heavy atom. The maximum atomic E-state index is 11.6. The van der Waals surface area contributed by atoms with Crippen LogP contribution in [0.2, 0.25) is 0 Å². The number of aromatic nitrogens is 1. The van der Waals surface area contributed by atoms with E-state index in [0.717, 1.165) is 17.0 Å². The van der Waals surface area contributed by atoms with E-state index in [1.807, 2.05) is 29.8 Å². The second-order valence-corrected chi connectivity index (χ2v) is 5.81. The quantitative estimate of drug-likeness (QED) is 0.884. The van der Waals surface area contributed by atoms with Gasteiger partial charge in [-0.2, -0.15) is 11.8 Å². The van der Waals surface area contributed by atoms with Crippen molar-refractivity contribution in [1.82, 2.24) is 4.98 Å². The predicted octanol–water partition coefficient (Wildman–Crippen LogP) is 3.13. The fraction of sp³-hybridized carbons (Fsp3) is 0.286. The van der Waals surface area contributed by atoms with E-state index in [9.17, 15) is 4.79 Å². The number of rotatable bonds is 6. The van der Waals surface area contributed by atoms with Crippen LogP contribution in [0.5, 0.6) is 11.5 Å². The molecule has 0 saturated heterocycles. The Labute approximate surface area is 131 Å². The zero-order valence-electron chi connectivity index (χ0n) is 12.0. The highest BCUT2D eigenvalue weighted by molar-refractivity contribution is 7.99. The molecule has 0 aliphatic heterocycles. The van der Waals surface area contributed by atoms with Gasteiger partial charge >= 0.3 is 0 Å². The van der Waals surface area contributed by atoms with Gasteiger partial charge in [-0.1, -0.05) is 0 Å². The maximum absolute atomic E-state index is 11.6. The first kappa shape index (κ1) is 15.7. The predicted molar refractivity (Wildman–Crippen MR) is 87.7 cm³/mol. The molecule has 1 N–H and O–H groups in total. The largest absolute Gasteiger partial charge is 0.497 e. The highest BCUT2D eigenvalue weighted by atomic mass is 32.2. The summed E-state index contributed by atoms with van der Waals surface area (Å²) in [6.45, 7) is 0. The van der Waals surface area contributed by atoms with E-state index in [2.05, 4.69) is 10.3 Å². The number of nitrogens with one attached hydrogen (secondary N) is 1. The average molecular weight is 324 g/mol. The summed E-state index contributed by atoms with van der Waals surface area (Å²) < 4.78 is 10.6. The van der Waals surface area contributed by atoms with Crippen molar-refractivity contribution in [3.8, 4) is 22.8 Å². The Hall–Kier alpha value is -1.73. The van der Waals surface area contributed by atoms with Gasteiger partial charge in [0, 0.05) is 10.9 Å². The van der Waals surface area contributed by atoms with Crippen LogP contribution in [0.25, 0.3) is 11.3 Å². The number of carbonyl (C=O) groups is 1. The van der Waals surface area contributed by atoms with Crippen LogP contribution in [-0.2, 0) is 4.79 Å². The van der Waals surface area contributed by atoms with Crippen molar-refractivity contribution in [2.24, 2.45) is 0 Å². The van der Waals surface area contributed by atoms with E-state index in [-0.39, 0.29) is 5.91 Å². The smallest absolute Gasteiger partial charge is 0.236 e. The van der Waals surface area contributed by atoms with Crippen LogP contribution in [-0.4, -0.2) is 37.1 Å². The first-order chi connectivity index (χ1) is 10.2. The molecule has 7 heteroatoms. The molecule has 0 spiro atoms. The standard InChI is InChI=1S/C14H16N2O3S2/c1-18-9-4-5-12(19-2)10(6-9)11-7-21-14(15-11)16-13(17)8-20-3/h4-7H,8H2,1-3H3,(H,15,16,17). The summed E-state index contributed by atoms with van der Waals surface area (Å²) >= 11 is 2.85. The number of amides is 1. The molecule has 21 heavy (non-hydrogen) atoms. The van der Waals surface area contributed by atoms with E-state index in [0.29, 0.717) is 16.6 Å². The van der Waals surface area contributed by atoms with E-state index in [1.54, 1.807) is 14.2 Å². The van der Waals surface area contributed by atoms with Crippen molar-refractivity contribution in [2.75, 3.05) is 31.5 Å². The molecule has 2 rings (SSSR count). The number of ether oxygens (including phenoxy) is 2. The van der Waals surface area contributed by atoms with Gasteiger partial charge in [0.1, 0.15) is 11.5 Å². The summed E-state index contributed by atoms with van der Waals surface area (Å²) in [4.78, 5) is 16.0. The van der Waals surface area contributed by atoms with Crippen molar-refractivity contribution in [3.05, 3.63) is 23.6 Å². The van der Waals surface area contributed by atoms with Crippen molar-refractivity contribution < 1.29 is 14.3 Å². The molecule has 5 nitrogen and oxygen atoms in total. The number of thioether (sulfide) groups is 1. The molecule has 0 atom stereocenters. The summed E-state index contributed by atoms with van der Waals surface area (Å²) in [5.41, 5.74) is 1.58. The van der Waals surface area contributed by atoms with Crippen molar-refractivity contribution in [3.63, 3.8) is 0 Å². The van der Waals surface area contributed by atoms with Gasteiger partial charge in [-0.05, 0) is 24.5 Å². The molecule has 0 bridgehead atoms. The van der Waals surface area contributed by atoms with Gasteiger partial charge < -0.3 is 14.8 Å². The lowest BCUT2D eigenvalue weighted by molar-refractivity contribution is -0.113. The molecule has 1 aromatic heterocycles. The minimum atomic E-state index is -0.0546. The molecule has 1 heterocycles. The molecule has 1 amide bonds. The number of nitrogens with zero attached hydrogens (tertiary/aromatic N) is 1. The third-order valence-electron chi connectivity index (χ3n) is 2.71. The van der Waals surface area contributed by atoms with Crippen LogP contribution < -0.4 is 14.8 Å². The van der Waals surface area contributed by atoms with Crippen LogP contribution in [0.3, 0.4) is 0 Å².